The number of aliphatic carboxylic acids is 1. The highest BCUT2D eigenvalue weighted by molar-refractivity contribution is 7.91. The van der Waals surface area contributed by atoms with Gasteiger partial charge < -0.3 is 24.1 Å². The van der Waals surface area contributed by atoms with Crippen molar-refractivity contribution in [3.8, 4) is 22.6 Å². The van der Waals surface area contributed by atoms with Crippen LogP contribution in [0.2, 0.25) is 5.02 Å². The van der Waals surface area contributed by atoms with E-state index < -0.39 is 27.5 Å². The van der Waals surface area contributed by atoms with E-state index in [1.807, 2.05) is 66.7 Å². The van der Waals surface area contributed by atoms with Crippen molar-refractivity contribution < 1.29 is 37.3 Å². The van der Waals surface area contributed by atoms with Gasteiger partial charge in [-0.2, -0.15) is 0 Å². The van der Waals surface area contributed by atoms with Gasteiger partial charge in [-0.3, -0.25) is 0 Å². The molecule has 2 heterocycles. The van der Waals surface area contributed by atoms with E-state index >= 15 is 0 Å². The molecule has 8 nitrogen and oxygen atoms in total. The highest BCUT2D eigenvalue weighted by Crippen LogP contribution is 2.39. The molecular formula is C31H33ClO8S. The molecule has 0 bridgehead atoms. The average molecular weight is 601 g/mol. The third-order valence-corrected chi connectivity index (χ3v) is 9.77. The summed E-state index contributed by atoms with van der Waals surface area (Å²) in [6, 6.07) is 20.9. The van der Waals surface area contributed by atoms with Crippen molar-refractivity contribution in [2.75, 3.05) is 31.3 Å². The molecular weight excluding hydrogens is 568 g/mol. The maximum absolute atomic E-state index is 11.8. The smallest absolute Gasteiger partial charge is 0.332 e. The Hall–Kier alpha value is -3.11. The number of carbonyl (C=O) groups is 1. The van der Waals surface area contributed by atoms with Crippen LogP contribution in [0.15, 0.2) is 66.7 Å². The molecule has 0 aliphatic carbocycles. The second-order valence-electron chi connectivity index (χ2n) is 10.6. The van der Waals surface area contributed by atoms with Gasteiger partial charge in [0.05, 0.1) is 41.9 Å². The summed E-state index contributed by atoms with van der Waals surface area (Å²) in [4.78, 5) is 11.3. The van der Waals surface area contributed by atoms with Crippen LogP contribution in [0.1, 0.15) is 30.9 Å². The number of carboxylic acids is 1. The van der Waals surface area contributed by atoms with Crippen molar-refractivity contribution in [2.24, 2.45) is 5.92 Å². The van der Waals surface area contributed by atoms with Gasteiger partial charge in [0.2, 0.25) is 0 Å². The van der Waals surface area contributed by atoms with Crippen LogP contribution in [0.25, 0.3) is 11.1 Å². The molecule has 0 saturated carbocycles. The summed E-state index contributed by atoms with van der Waals surface area (Å²) in [5.41, 5.74) is 2.53. The first-order chi connectivity index (χ1) is 19.7. The topological polar surface area (TPSA) is 108 Å². The molecule has 3 aromatic rings. The lowest BCUT2D eigenvalue weighted by molar-refractivity contribution is -0.237. The molecule has 3 aromatic carbocycles. The molecule has 2 aliphatic rings. The third kappa shape index (κ3) is 6.86. The minimum atomic E-state index is -2.95. The molecule has 10 heteroatoms. The van der Waals surface area contributed by atoms with E-state index in [-0.39, 0.29) is 37.2 Å². The zero-order chi connectivity index (χ0) is 29.0. The fourth-order valence-corrected chi connectivity index (χ4v) is 6.93. The predicted octanol–water partition coefficient (Wildman–Crippen LogP) is 5.50. The monoisotopic (exact) mass is 600 g/mol. The zero-order valence-corrected chi connectivity index (χ0v) is 24.3. The van der Waals surface area contributed by atoms with Crippen LogP contribution in [0.3, 0.4) is 0 Å². The molecule has 0 spiro atoms. The van der Waals surface area contributed by atoms with Crippen LogP contribution >= 0.6 is 11.6 Å². The first-order valence-corrected chi connectivity index (χ1v) is 15.8. The summed E-state index contributed by atoms with van der Waals surface area (Å²) >= 11 is 6.94. The molecule has 1 atom stereocenters. The Morgan fingerprint density at radius 2 is 1.71 bits per heavy atom. The Labute approximate surface area is 245 Å². The number of rotatable bonds is 11. The van der Waals surface area contributed by atoms with Crippen LogP contribution in [0, 0.1) is 5.92 Å². The van der Waals surface area contributed by atoms with E-state index in [0.717, 1.165) is 16.7 Å². The summed E-state index contributed by atoms with van der Waals surface area (Å²) in [6.45, 7) is 2.61. The van der Waals surface area contributed by atoms with Gasteiger partial charge in [-0.05, 0) is 61.1 Å². The summed E-state index contributed by atoms with van der Waals surface area (Å²) in [5.74, 6) is 0.697. The second kappa shape index (κ2) is 12.4. The van der Waals surface area contributed by atoms with Gasteiger partial charge in [0, 0.05) is 5.56 Å². The summed E-state index contributed by atoms with van der Waals surface area (Å²) in [7, 11) is -2.95. The maximum Gasteiger partial charge on any atom is 0.332 e. The molecule has 2 saturated heterocycles. The lowest BCUT2D eigenvalue weighted by Gasteiger charge is -2.42. The molecule has 0 radical (unpaired) electrons. The Morgan fingerprint density at radius 3 is 2.32 bits per heavy atom. The Morgan fingerprint density at radius 1 is 1.02 bits per heavy atom. The zero-order valence-electron chi connectivity index (χ0n) is 22.8. The molecule has 5 rings (SSSR count). The quantitative estimate of drug-likeness (QED) is 0.307. The highest BCUT2D eigenvalue weighted by atomic mass is 35.5. The molecule has 0 amide bonds. The molecule has 0 aromatic heterocycles. The number of carboxylic acid groups (broad SMARTS) is 1. The number of benzene rings is 3. The molecule has 1 N–H and O–H groups in total. The van der Waals surface area contributed by atoms with E-state index in [2.05, 4.69) is 0 Å². The molecule has 41 heavy (non-hydrogen) atoms. The summed E-state index contributed by atoms with van der Waals surface area (Å²) in [5, 5.41) is 9.80. The Bertz CT molecular complexity index is 1460. The number of hydrogen-bond acceptors (Lipinski definition) is 7. The largest absolute Gasteiger partial charge is 0.493 e. The van der Waals surface area contributed by atoms with Crippen LogP contribution in [0.5, 0.6) is 11.5 Å². The van der Waals surface area contributed by atoms with Gasteiger partial charge in [-0.15, -0.1) is 0 Å². The van der Waals surface area contributed by atoms with Crippen LogP contribution in [-0.2, 0) is 36.3 Å². The van der Waals surface area contributed by atoms with Crippen LogP contribution in [-0.4, -0.2) is 56.9 Å². The maximum atomic E-state index is 11.8. The van der Waals surface area contributed by atoms with Crippen molar-refractivity contribution in [2.45, 2.75) is 38.1 Å². The van der Waals surface area contributed by atoms with Gasteiger partial charge in [0.1, 0.15) is 33.5 Å². The average Bonchev–Trinajstić information content (AvgIpc) is 2.94. The van der Waals surface area contributed by atoms with Crippen molar-refractivity contribution in [1.82, 2.24) is 0 Å². The van der Waals surface area contributed by atoms with E-state index in [0.29, 0.717) is 41.5 Å². The fourth-order valence-electron chi connectivity index (χ4n) is 5.02. The lowest BCUT2D eigenvalue weighted by Crippen LogP contribution is -2.51. The number of halogens is 1. The standard InChI is InChI=1S/C31H33ClO8S/c1-21(30(33)34)40-31(19-37-20-31)24-7-9-25(10-8-24)38-18-27-28(39-17-22-13-15-41(35,36)16-14-22)12-11-26(29(27)32)23-5-3-2-4-6-23/h2-12,21-22H,13-20H2,1H3,(H,33,34). The van der Waals surface area contributed by atoms with Crippen LogP contribution < -0.4 is 9.47 Å². The number of ether oxygens (including phenoxy) is 4. The van der Waals surface area contributed by atoms with E-state index in [1.165, 1.54) is 6.92 Å². The molecule has 1 unspecified atom stereocenters. The summed E-state index contributed by atoms with van der Waals surface area (Å²) in [6.07, 6.45) is 0.195. The molecule has 218 valence electrons. The normalized spacial score (nSPS) is 18.7. The molecule has 2 fully saturated rings. The number of hydrogen-bond donors (Lipinski definition) is 1. The van der Waals surface area contributed by atoms with Gasteiger partial charge in [-0.25, -0.2) is 13.2 Å². The van der Waals surface area contributed by atoms with Crippen molar-refractivity contribution in [3.05, 3.63) is 82.9 Å². The Balaban J connectivity index is 1.33. The molecule has 2 aliphatic heterocycles. The van der Waals surface area contributed by atoms with E-state index in [9.17, 15) is 18.3 Å². The lowest BCUT2D eigenvalue weighted by atomic mass is 9.91. The van der Waals surface area contributed by atoms with Gasteiger partial charge >= 0.3 is 5.97 Å². The fraction of sp³-hybridized carbons (Fsp3) is 0.387. The minimum absolute atomic E-state index is 0.147. The van der Waals surface area contributed by atoms with Gasteiger partial charge in [0.15, 0.2) is 6.10 Å². The Kier molecular flexibility index (Phi) is 8.89. The van der Waals surface area contributed by atoms with Gasteiger partial charge in [-0.1, -0.05) is 54.1 Å². The van der Waals surface area contributed by atoms with Gasteiger partial charge in [0.25, 0.3) is 0 Å². The summed E-state index contributed by atoms with van der Waals surface area (Å²) < 4.78 is 47.2. The predicted molar refractivity (Wildman–Crippen MR) is 155 cm³/mol. The van der Waals surface area contributed by atoms with Crippen molar-refractivity contribution >= 4 is 27.4 Å². The van der Waals surface area contributed by atoms with Crippen molar-refractivity contribution in [1.29, 1.82) is 0 Å². The first-order valence-electron chi connectivity index (χ1n) is 13.6. The van der Waals surface area contributed by atoms with E-state index in [1.54, 1.807) is 0 Å². The van der Waals surface area contributed by atoms with Crippen LogP contribution in [0.4, 0.5) is 0 Å². The van der Waals surface area contributed by atoms with E-state index in [4.69, 9.17) is 30.5 Å². The first kappa shape index (κ1) is 29.4. The highest BCUT2D eigenvalue weighted by Gasteiger charge is 2.44. The SMILES string of the molecule is CC(OC1(c2ccc(OCc3c(OCC4CCS(=O)(=O)CC4)ccc(-c4ccccc4)c3Cl)cc2)COC1)C(=O)O. The second-order valence-corrected chi connectivity index (χ2v) is 13.3. The van der Waals surface area contributed by atoms with Crippen molar-refractivity contribution in [3.63, 3.8) is 0 Å². The number of sulfone groups is 1. The minimum Gasteiger partial charge on any atom is -0.493 e. The third-order valence-electron chi connectivity index (χ3n) is 7.62.